The number of anilines is 1. The summed E-state index contributed by atoms with van der Waals surface area (Å²) in [6.45, 7) is 3.76. The molecule has 0 aliphatic carbocycles. The lowest BCUT2D eigenvalue weighted by molar-refractivity contribution is -0.384. The predicted molar refractivity (Wildman–Crippen MR) is 113 cm³/mol. The minimum atomic E-state index is -0.600. The van der Waals surface area contributed by atoms with Crippen LogP contribution in [0, 0.1) is 16.0 Å². The molecule has 0 unspecified atom stereocenters. The Labute approximate surface area is 182 Å². The van der Waals surface area contributed by atoms with E-state index in [1.165, 1.54) is 23.1 Å². The summed E-state index contributed by atoms with van der Waals surface area (Å²) in [7, 11) is 0. The molecule has 0 N–H and O–H groups in total. The Kier molecular flexibility index (Phi) is 6.38. The van der Waals surface area contributed by atoms with E-state index in [1.807, 2.05) is 13.8 Å². The van der Waals surface area contributed by atoms with Crippen LogP contribution in [0.15, 0.2) is 41.6 Å². The Bertz CT molecular complexity index is 1070. The quantitative estimate of drug-likeness (QED) is 0.359. The number of carbonyl (C=O) groups is 2. The maximum atomic E-state index is 13.0. The molecule has 8 nitrogen and oxygen atoms in total. The van der Waals surface area contributed by atoms with Crippen molar-refractivity contribution in [3.8, 4) is 0 Å². The first-order chi connectivity index (χ1) is 14.2. The number of halogens is 2. The summed E-state index contributed by atoms with van der Waals surface area (Å²) >= 11 is 12.1. The van der Waals surface area contributed by atoms with Gasteiger partial charge in [-0.25, -0.2) is 4.79 Å². The Morgan fingerprint density at radius 1 is 1.23 bits per heavy atom. The van der Waals surface area contributed by atoms with Gasteiger partial charge in [-0.1, -0.05) is 48.3 Å². The van der Waals surface area contributed by atoms with E-state index in [0.717, 1.165) is 0 Å². The summed E-state index contributed by atoms with van der Waals surface area (Å²) in [5.74, 6) is -1.11. The number of nitrogens with zero attached hydrogens (tertiary/aromatic N) is 3. The predicted octanol–water partition coefficient (Wildman–Crippen LogP) is 4.74. The normalized spacial score (nSPS) is 14.4. The van der Waals surface area contributed by atoms with Gasteiger partial charge in [0.2, 0.25) is 0 Å². The first kappa shape index (κ1) is 21.7. The van der Waals surface area contributed by atoms with Gasteiger partial charge in [-0.3, -0.25) is 14.9 Å². The van der Waals surface area contributed by atoms with E-state index in [2.05, 4.69) is 5.16 Å². The van der Waals surface area contributed by atoms with Gasteiger partial charge < -0.3 is 9.74 Å². The van der Waals surface area contributed by atoms with Gasteiger partial charge in [-0.05, 0) is 29.7 Å². The van der Waals surface area contributed by atoms with Gasteiger partial charge >= 0.3 is 5.97 Å². The minimum Gasteiger partial charge on any atom is -0.317 e. The lowest BCUT2D eigenvalue weighted by Gasteiger charge is -2.17. The van der Waals surface area contributed by atoms with Crippen LogP contribution in [0.3, 0.4) is 0 Å². The van der Waals surface area contributed by atoms with Crippen LogP contribution >= 0.6 is 23.2 Å². The Morgan fingerprint density at radius 2 is 1.97 bits per heavy atom. The Morgan fingerprint density at radius 3 is 2.60 bits per heavy atom. The molecular weight excluding hydrogens is 433 g/mol. The van der Waals surface area contributed by atoms with E-state index in [-0.39, 0.29) is 35.8 Å². The number of hydrogen-bond donors (Lipinski definition) is 0. The molecule has 1 aliphatic rings. The highest BCUT2D eigenvalue weighted by Crippen LogP contribution is 2.35. The standard InChI is InChI=1S/C20H17Cl2N3O5/c1-11(2)7-18(26)30-23-19-15-9-14(25(28)29)5-6-17(15)24(20(19)27)10-12-3-4-13(21)8-16(12)22/h3-6,8-9,11H,7,10H2,1-2H3/b23-19+. The summed E-state index contributed by atoms with van der Waals surface area (Å²) in [6, 6.07) is 8.84. The van der Waals surface area contributed by atoms with Crippen LogP contribution in [0.1, 0.15) is 31.4 Å². The average Bonchev–Trinajstić information content (AvgIpc) is 2.92. The fourth-order valence-corrected chi connectivity index (χ4v) is 3.42. The number of nitro benzene ring substituents is 1. The van der Waals surface area contributed by atoms with Crippen molar-refractivity contribution >= 4 is 52.2 Å². The van der Waals surface area contributed by atoms with Gasteiger partial charge in [0.25, 0.3) is 11.6 Å². The SMILES string of the molecule is CC(C)CC(=O)O/N=C1/C(=O)N(Cc2ccc(Cl)cc2Cl)c2ccc([N+](=O)[O-])cc21. The number of carbonyl (C=O) groups excluding carboxylic acids is 2. The van der Waals surface area contributed by atoms with E-state index in [9.17, 15) is 19.7 Å². The molecule has 10 heteroatoms. The second kappa shape index (κ2) is 8.81. The smallest absolute Gasteiger partial charge is 0.317 e. The Balaban J connectivity index is 1.99. The maximum Gasteiger partial charge on any atom is 0.335 e. The lowest BCUT2D eigenvalue weighted by atomic mass is 10.1. The van der Waals surface area contributed by atoms with Crippen molar-refractivity contribution in [1.82, 2.24) is 0 Å². The number of non-ortho nitro benzene ring substituents is 1. The maximum absolute atomic E-state index is 13.0. The molecule has 30 heavy (non-hydrogen) atoms. The topological polar surface area (TPSA) is 102 Å². The van der Waals surface area contributed by atoms with Gasteiger partial charge in [0, 0.05) is 27.7 Å². The van der Waals surface area contributed by atoms with Gasteiger partial charge in [-0.2, -0.15) is 0 Å². The molecule has 3 rings (SSSR count). The van der Waals surface area contributed by atoms with Gasteiger partial charge in [0.1, 0.15) is 0 Å². The van der Waals surface area contributed by atoms with Crippen molar-refractivity contribution in [2.24, 2.45) is 11.1 Å². The van der Waals surface area contributed by atoms with Gasteiger partial charge in [0.05, 0.1) is 23.6 Å². The zero-order chi connectivity index (χ0) is 22.0. The lowest BCUT2D eigenvalue weighted by Crippen LogP contribution is -2.30. The van der Waals surface area contributed by atoms with Crippen LogP contribution in [-0.4, -0.2) is 22.5 Å². The number of benzene rings is 2. The van der Waals surface area contributed by atoms with E-state index in [4.69, 9.17) is 28.0 Å². The number of rotatable bonds is 6. The number of amides is 1. The number of fused-ring (bicyclic) bond motifs is 1. The van der Waals surface area contributed by atoms with E-state index in [0.29, 0.717) is 21.3 Å². The highest BCUT2D eigenvalue weighted by molar-refractivity contribution is 6.54. The summed E-state index contributed by atoms with van der Waals surface area (Å²) in [4.78, 5) is 41.7. The van der Waals surface area contributed by atoms with Crippen LogP contribution in [0.25, 0.3) is 0 Å². The monoisotopic (exact) mass is 449 g/mol. The van der Waals surface area contributed by atoms with Crippen molar-refractivity contribution in [3.63, 3.8) is 0 Å². The van der Waals surface area contributed by atoms with Gasteiger partial charge in [-0.15, -0.1) is 0 Å². The molecule has 1 amide bonds. The van der Waals surface area contributed by atoms with Crippen LogP contribution in [0.2, 0.25) is 10.0 Å². The third-order valence-electron chi connectivity index (χ3n) is 4.34. The molecule has 0 atom stereocenters. The number of oxime groups is 1. The zero-order valence-electron chi connectivity index (χ0n) is 16.1. The van der Waals surface area contributed by atoms with E-state index < -0.39 is 16.8 Å². The van der Waals surface area contributed by atoms with Gasteiger partial charge in [0.15, 0.2) is 5.71 Å². The summed E-state index contributed by atoms with van der Waals surface area (Å²) in [5.41, 5.74) is 0.828. The largest absolute Gasteiger partial charge is 0.335 e. The van der Waals surface area contributed by atoms with Crippen molar-refractivity contribution in [2.45, 2.75) is 26.8 Å². The molecular formula is C20H17Cl2N3O5. The van der Waals surface area contributed by atoms with E-state index >= 15 is 0 Å². The van der Waals surface area contributed by atoms with Crippen molar-refractivity contribution in [3.05, 3.63) is 67.7 Å². The van der Waals surface area contributed by atoms with Crippen LogP contribution < -0.4 is 4.90 Å². The summed E-state index contributed by atoms with van der Waals surface area (Å²) in [5, 5.41) is 15.7. The fraction of sp³-hybridized carbons (Fsp3) is 0.250. The van der Waals surface area contributed by atoms with Crippen LogP contribution in [0.5, 0.6) is 0 Å². The van der Waals surface area contributed by atoms with Crippen molar-refractivity contribution in [1.29, 1.82) is 0 Å². The van der Waals surface area contributed by atoms with Crippen LogP contribution in [-0.2, 0) is 21.0 Å². The molecule has 156 valence electrons. The second-order valence-corrected chi connectivity index (χ2v) is 7.93. The second-order valence-electron chi connectivity index (χ2n) is 7.09. The van der Waals surface area contributed by atoms with Crippen molar-refractivity contribution < 1.29 is 19.3 Å². The van der Waals surface area contributed by atoms with Crippen molar-refractivity contribution in [2.75, 3.05) is 4.90 Å². The molecule has 2 aromatic rings. The molecule has 0 radical (unpaired) electrons. The minimum absolute atomic E-state index is 0.0499. The first-order valence-electron chi connectivity index (χ1n) is 8.99. The molecule has 0 saturated heterocycles. The third-order valence-corrected chi connectivity index (χ3v) is 4.93. The molecule has 1 aliphatic heterocycles. The molecule has 0 bridgehead atoms. The molecule has 2 aromatic carbocycles. The molecule has 0 fully saturated rings. The number of nitro groups is 1. The average molecular weight is 450 g/mol. The highest BCUT2D eigenvalue weighted by atomic mass is 35.5. The summed E-state index contributed by atoms with van der Waals surface area (Å²) in [6.07, 6.45) is 0.122. The third kappa shape index (κ3) is 4.60. The number of hydrogen-bond acceptors (Lipinski definition) is 6. The zero-order valence-corrected chi connectivity index (χ0v) is 17.6. The molecule has 0 aromatic heterocycles. The van der Waals surface area contributed by atoms with E-state index in [1.54, 1.807) is 18.2 Å². The fourth-order valence-electron chi connectivity index (χ4n) is 2.95. The molecule has 1 heterocycles. The molecule has 0 saturated carbocycles. The Hall–Kier alpha value is -2.97. The summed E-state index contributed by atoms with van der Waals surface area (Å²) < 4.78 is 0. The highest BCUT2D eigenvalue weighted by Gasteiger charge is 2.36. The first-order valence-corrected chi connectivity index (χ1v) is 9.75. The molecule has 0 spiro atoms. The van der Waals surface area contributed by atoms with Crippen LogP contribution in [0.4, 0.5) is 11.4 Å².